The second-order valence-corrected chi connectivity index (χ2v) is 11.3. The van der Waals surface area contributed by atoms with Crippen LogP contribution in [0.15, 0.2) is 78.9 Å². The number of methoxy groups -OCH3 is 1. The van der Waals surface area contributed by atoms with Crippen molar-refractivity contribution in [1.82, 2.24) is 10.2 Å². The lowest BCUT2D eigenvalue weighted by atomic mass is 9.94. The molecule has 1 saturated carbocycles. The summed E-state index contributed by atoms with van der Waals surface area (Å²) in [4.78, 5) is 29.6. The van der Waals surface area contributed by atoms with Crippen molar-refractivity contribution in [3.63, 3.8) is 0 Å². The molecule has 1 N–H and O–H groups in total. The number of ether oxygens (including phenoxy) is 1. The molecule has 1 atom stereocenters. The Kier molecular flexibility index (Phi) is 10.9. The van der Waals surface area contributed by atoms with E-state index in [1.807, 2.05) is 71.6 Å². The first-order chi connectivity index (χ1) is 19.0. The quantitative estimate of drug-likeness (QED) is 0.290. The standard InChI is InChI=1S/C33H40N2O3S/c1-25-11-9-10-14-28(25)22-35(32(36)24-39-23-27-17-19-30(38-2)20-18-27)31(21-26-12-5-3-6-13-26)33(37)34-29-15-7-4-8-16-29/h3,5-6,9-14,17-20,29,31H,4,7-8,15-16,21-24H2,1-2H3,(H,34,37)/t31-/m0/s1. The molecular weight excluding hydrogens is 504 g/mol. The van der Waals surface area contributed by atoms with Gasteiger partial charge in [0.25, 0.3) is 0 Å². The lowest BCUT2D eigenvalue weighted by molar-refractivity contribution is -0.139. The predicted molar refractivity (Wildman–Crippen MR) is 160 cm³/mol. The smallest absolute Gasteiger partial charge is 0.243 e. The number of nitrogens with one attached hydrogen (secondary N) is 1. The van der Waals surface area contributed by atoms with Gasteiger partial charge < -0.3 is 15.0 Å². The molecule has 3 aromatic rings. The highest BCUT2D eigenvalue weighted by atomic mass is 32.2. The fraction of sp³-hybridized carbons (Fsp3) is 0.394. The highest BCUT2D eigenvalue weighted by Crippen LogP contribution is 2.22. The molecule has 0 aromatic heterocycles. The van der Waals surface area contributed by atoms with Crippen molar-refractivity contribution in [2.24, 2.45) is 0 Å². The number of hydrogen-bond acceptors (Lipinski definition) is 4. The van der Waals surface area contributed by atoms with E-state index in [9.17, 15) is 9.59 Å². The summed E-state index contributed by atoms with van der Waals surface area (Å²) in [5.74, 6) is 1.77. The minimum Gasteiger partial charge on any atom is -0.497 e. The molecule has 2 amide bonds. The fourth-order valence-electron chi connectivity index (χ4n) is 5.13. The predicted octanol–water partition coefficient (Wildman–Crippen LogP) is 6.33. The molecule has 5 nitrogen and oxygen atoms in total. The SMILES string of the molecule is COc1ccc(CSCC(=O)N(Cc2ccccc2C)[C@@H](Cc2ccccc2)C(=O)NC2CCCCC2)cc1. The summed E-state index contributed by atoms with van der Waals surface area (Å²) in [7, 11) is 1.65. The Morgan fingerprint density at radius 1 is 0.923 bits per heavy atom. The maximum Gasteiger partial charge on any atom is 0.243 e. The van der Waals surface area contributed by atoms with Gasteiger partial charge in [0, 0.05) is 24.8 Å². The first-order valence-corrected chi connectivity index (χ1v) is 15.1. The Balaban J connectivity index is 1.55. The van der Waals surface area contributed by atoms with Gasteiger partial charge in [0.15, 0.2) is 0 Å². The van der Waals surface area contributed by atoms with Gasteiger partial charge in [-0.05, 0) is 54.2 Å². The van der Waals surface area contributed by atoms with Crippen LogP contribution in [0.5, 0.6) is 5.75 Å². The molecule has 0 spiro atoms. The summed E-state index contributed by atoms with van der Waals surface area (Å²) in [6, 6.07) is 25.7. The summed E-state index contributed by atoms with van der Waals surface area (Å²) in [5.41, 5.74) is 4.37. The van der Waals surface area contributed by atoms with Crippen LogP contribution >= 0.6 is 11.8 Å². The summed E-state index contributed by atoms with van der Waals surface area (Å²) in [6.07, 6.45) is 6.01. The maximum atomic E-state index is 13.9. The first kappa shape index (κ1) is 28.8. The summed E-state index contributed by atoms with van der Waals surface area (Å²) in [5, 5.41) is 3.32. The second kappa shape index (κ2) is 14.8. The molecule has 6 heteroatoms. The molecule has 1 aliphatic rings. The molecular formula is C33H40N2O3S. The zero-order valence-corrected chi connectivity index (χ0v) is 23.9. The largest absolute Gasteiger partial charge is 0.497 e. The van der Waals surface area contributed by atoms with Gasteiger partial charge in [-0.1, -0.05) is 86.0 Å². The van der Waals surface area contributed by atoms with E-state index in [1.54, 1.807) is 18.9 Å². The van der Waals surface area contributed by atoms with Crippen LogP contribution < -0.4 is 10.1 Å². The number of rotatable bonds is 12. The Hall–Kier alpha value is -3.25. The number of aryl methyl sites for hydroxylation is 1. The second-order valence-electron chi connectivity index (χ2n) is 10.3. The number of benzene rings is 3. The third-order valence-corrected chi connectivity index (χ3v) is 8.47. The zero-order chi connectivity index (χ0) is 27.5. The van der Waals surface area contributed by atoms with E-state index in [0.717, 1.165) is 53.7 Å². The minimum absolute atomic E-state index is 0.0171. The van der Waals surface area contributed by atoms with E-state index in [-0.39, 0.29) is 17.9 Å². The van der Waals surface area contributed by atoms with Gasteiger partial charge in [0.2, 0.25) is 11.8 Å². The van der Waals surface area contributed by atoms with E-state index < -0.39 is 6.04 Å². The molecule has 1 fully saturated rings. The maximum absolute atomic E-state index is 13.9. The van der Waals surface area contributed by atoms with E-state index in [1.165, 1.54) is 6.42 Å². The molecule has 0 saturated heterocycles. The number of carbonyl (C=O) groups excluding carboxylic acids is 2. The van der Waals surface area contributed by atoms with Crippen LogP contribution in [0.1, 0.15) is 54.4 Å². The third-order valence-electron chi connectivity index (χ3n) is 7.48. The topological polar surface area (TPSA) is 58.6 Å². The van der Waals surface area contributed by atoms with E-state index in [0.29, 0.717) is 24.5 Å². The Morgan fingerprint density at radius 2 is 1.62 bits per heavy atom. The van der Waals surface area contributed by atoms with Crippen molar-refractivity contribution >= 4 is 23.6 Å². The van der Waals surface area contributed by atoms with E-state index >= 15 is 0 Å². The molecule has 0 heterocycles. The minimum atomic E-state index is -0.581. The van der Waals surface area contributed by atoms with Gasteiger partial charge >= 0.3 is 0 Å². The van der Waals surface area contributed by atoms with Crippen LogP contribution in [0.3, 0.4) is 0 Å². The summed E-state index contributed by atoms with van der Waals surface area (Å²) < 4.78 is 5.26. The lowest BCUT2D eigenvalue weighted by Crippen LogP contribution is -2.53. The first-order valence-electron chi connectivity index (χ1n) is 13.9. The molecule has 4 rings (SSSR count). The van der Waals surface area contributed by atoms with Gasteiger partial charge in [-0.25, -0.2) is 0 Å². The summed E-state index contributed by atoms with van der Waals surface area (Å²) >= 11 is 1.58. The van der Waals surface area contributed by atoms with Gasteiger partial charge in [-0.2, -0.15) is 0 Å². The summed E-state index contributed by atoms with van der Waals surface area (Å²) in [6.45, 7) is 2.47. The molecule has 206 valence electrons. The van der Waals surface area contributed by atoms with Crippen LogP contribution in [0.2, 0.25) is 0 Å². The lowest BCUT2D eigenvalue weighted by Gasteiger charge is -2.34. The molecule has 0 unspecified atom stereocenters. The van der Waals surface area contributed by atoms with Crippen LogP contribution in [0.25, 0.3) is 0 Å². The molecule has 1 aliphatic carbocycles. The van der Waals surface area contributed by atoms with Crippen molar-refractivity contribution in [2.45, 2.75) is 69.8 Å². The molecule has 3 aromatic carbocycles. The average molecular weight is 545 g/mol. The number of thioether (sulfide) groups is 1. The van der Waals surface area contributed by atoms with E-state index in [4.69, 9.17) is 4.74 Å². The number of nitrogens with zero attached hydrogens (tertiary/aromatic N) is 1. The van der Waals surface area contributed by atoms with E-state index in [2.05, 4.69) is 24.4 Å². The van der Waals surface area contributed by atoms with Crippen molar-refractivity contribution in [2.75, 3.05) is 12.9 Å². The fourth-order valence-corrected chi connectivity index (χ4v) is 6.00. The number of hydrogen-bond donors (Lipinski definition) is 1. The number of carbonyl (C=O) groups is 2. The van der Waals surface area contributed by atoms with Crippen LogP contribution in [-0.4, -0.2) is 41.7 Å². The third kappa shape index (κ3) is 8.62. The van der Waals surface area contributed by atoms with Crippen molar-refractivity contribution < 1.29 is 14.3 Å². The molecule has 39 heavy (non-hydrogen) atoms. The monoisotopic (exact) mass is 544 g/mol. The van der Waals surface area contributed by atoms with Crippen molar-refractivity contribution in [1.29, 1.82) is 0 Å². The van der Waals surface area contributed by atoms with Crippen LogP contribution in [-0.2, 0) is 28.3 Å². The molecule has 0 bridgehead atoms. The zero-order valence-electron chi connectivity index (χ0n) is 23.1. The van der Waals surface area contributed by atoms with Crippen LogP contribution in [0.4, 0.5) is 0 Å². The highest BCUT2D eigenvalue weighted by molar-refractivity contribution is 7.99. The van der Waals surface area contributed by atoms with Crippen LogP contribution in [0, 0.1) is 6.92 Å². The van der Waals surface area contributed by atoms with Gasteiger partial charge in [-0.15, -0.1) is 11.8 Å². The normalized spacial score (nSPS) is 14.4. The van der Waals surface area contributed by atoms with Crippen molar-refractivity contribution in [3.05, 3.63) is 101 Å². The van der Waals surface area contributed by atoms with Crippen molar-refractivity contribution in [3.8, 4) is 5.75 Å². The Bertz CT molecular complexity index is 1190. The highest BCUT2D eigenvalue weighted by Gasteiger charge is 2.32. The Labute approximate surface area is 237 Å². The molecule has 0 aliphatic heterocycles. The van der Waals surface area contributed by atoms with Gasteiger partial charge in [-0.3, -0.25) is 9.59 Å². The average Bonchev–Trinajstić information content (AvgIpc) is 2.97. The van der Waals surface area contributed by atoms with Gasteiger partial charge in [0.05, 0.1) is 12.9 Å². The number of amides is 2. The molecule has 0 radical (unpaired) electrons. The van der Waals surface area contributed by atoms with Gasteiger partial charge in [0.1, 0.15) is 11.8 Å². The Morgan fingerprint density at radius 3 is 2.31 bits per heavy atom.